The van der Waals surface area contributed by atoms with Gasteiger partial charge in [-0.25, -0.2) is 0 Å². The van der Waals surface area contributed by atoms with Crippen LogP contribution in [0.5, 0.6) is 0 Å². The van der Waals surface area contributed by atoms with Crippen LogP contribution in [0.4, 0.5) is 0 Å². The molecule has 2 nitrogen and oxygen atoms in total. The molecule has 0 bridgehead atoms. The predicted octanol–water partition coefficient (Wildman–Crippen LogP) is 0.893. The molecule has 0 aliphatic carbocycles. The Bertz CT molecular complexity index is 114. The van der Waals surface area contributed by atoms with Crippen molar-refractivity contribution < 1.29 is 4.74 Å². The van der Waals surface area contributed by atoms with Crippen LogP contribution in [0.3, 0.4) is 0 Å². The lowest BCUT2D eigenvalue weighted by Crippen LogP contribution is -2.22. The molecule has 10 heavy (non-hydrogen) atoms. The van der Waals surface area contributed by atoms with Crippen molar-refractivity contribution >= 4 is 0 Å². The molecule has 0 aromatic rings. The molecule has 0 saturated carbocycles. The second kappa shape index (κ2) is 3.74. The fourth-order valence-corrected chi connectivity index (χ4v) is 1.34. The van der Waals surface area contributed by atoms with Gasteiger partial charge in [0.05, 0.1) is 6.10 Å². The van der Waals surface area contributed by atoms with Crippen LogP contribution in [0.2, 0.25) is 0 Å². The van der Waals surface area contributed by atoms with Crippen LogP contribution in [0.1, 0.15) is 6.42 Å². The number of ether oxygens (including phenoxy) is 1. The van der Waals surface area contributed by atoms with Gasteiger partial charge in [-0.3, -0.25) is 4.90 Å². The first-order chi connectivity index (χ1) is 4.86. The van der Waals surface area contributed by atoms with E-state index in [-0.39, 0.29) is 0 Å². The van der Waals surface area contributed by atoms with E-state index in [0.29, 0.717) is 6.10 Å². The van der Waals surface area contributed by atoms with Gasteiger partial charge < -0.3 is 4.74 Å². The van der Waals surface area contributed by atoms with Crippen LogP contribution in [-0.4, -0.2) is 37.7 Å². The molecule has 0 aromatic heterocycles. The van der Waals surface area contributed by atoms with Crippen LogP contribution in [-0.2, 0) is 4.74 Å². The zero-order chi connectivity index (χ0) is 7.40. The van der Waals surface area contributed by atoms with Crippen LogP contribution < -0.4 is 0 Å². The molecule has 1 aliphatic heterocycles. The van der Waals surface area contributed by atoms with Crippen molar-refractivity contribution in [3.63, 3.8) is 0 Å². The van der Waals surface area contributed by atoms with E-state index in [0.717, 1.165) is 19.6 Å². The molecule has 0 aromatic carbocycles. The van der Waals surface area contributed by atoms with Gasteiger partial charge in [-0.15, -0.1) is 6.58 Å². The number of methoxy groups -OCH3 is 1. The van der Waals surface area contributed by atoms with Crippen LogP contribution in [0.15, 0.2) is 12.7 Å². The molecule has 1 saturated heterocycles. The van der Waals surface area contributed by atoms with Crippen molar-refractivity contribution in [2.75, 3.05) is 26.7 Å². The van der Waals surface area contributed by atoms with E-state index in [1.165, 1.54) is 6.42 Å². The summed E-state index contributed by atoms with van der Waals surface area (Å²) in [6.45, 7) is 6.92. The van der Waals surface area contributed by atoms with Gasteiger partial charge in [0, 0.05) is 26.7 Å². The Morgan fingerprint density at radius 3 is 3.10 bits per heavy atom. The third-order valence-corrected chi connectivity index (χ3v) is 1.95. The fraction of sp³-hybridized carbons (Fsp3) is 0.750. The molecule has 0 amide bonds. The highest BCUT2D eigenvalue weighted by atomic mass is 16.5. The molecule has 0 radical (unpaired) electrons. The highest BCUT2D eigenvalue weighted by Crippen LogP contribution is 2.10. The van der Waals surface area contributed by atoms with E-state index < -0.39 is 0 Å². The van der Waals surface area contributed by atoms with Gasteiger partial charge in [-0.1, -0.05) is 6.08 Å². The molecule has 1 unspecified atom stereocenters. The molecule has 1 atom stereocenters. The standard InChI is InChI=1S/C8H15NO/c1-3-5-9-6-4-8(7-9)10-2/h3,8H,1,4-7H2,2H3. The maximum atomic E-state index is 5.21. The summed E-state index contributed by atoms with van der Waals surface area (Å²) >= 11 is 0. The summed E-state index contributed by atoms with van der Waals surface area (Å²) in [5.74, 6) is 0. The Morgan fingerprint density at radius 1 is 1.80 bits per heavy atom. The topological polar surface area (TPSA) is 12.5 Å². The van der Waals surface area contributed by atoms with E-state index in [1.54, 1.807) is 7.11 Å². The molecular formula is C8H15NO. The molecule has 1 aliphatic rings. The Balaban J connectivity index is 2.21. The molecule has 2 heteroatoms. The third kappa shape index (κ3) is 1.82. The first-order valence-electron chi connectivity index (χ1n) is 3.73. The summed E-state index contributed by atoms with van der Waals surface area (Å²) < 4.78 is 5.21. The maximum absolute atomic E-state index is 5.21. The van der Waals surface area contributed by atoms with Crippen LogP contribution in [0, 0.1) is 0 Å². The number of likely N-dealkylation sites (tertiary alicyclic amines) is 1. The number of rotatable bonds is 3. The zero-order valence-electron chi connectivity index (χ0n) is 6.55. The normalized spacial score (nSPS) is 27.1. The van der Waals surface area contributed by atoms with Crippen molar-refractivity contribution in [3.8, 4) is 0 Å². The average molecular weight is 141 g/mol. The number of hydrogen-bond donors (Lipinski definition) is 0. The summed E-state index contributed by atoms with van der Waals surface area (Å²) in [6, 6.07) is 0. The van der Waals surface area contributed by atoms with Crippen LogP contribution in [0.25, 0.3) is 0 Å². The van der Waals surface area contributed by atoms with Crippen molar-refractivity contribution in [1.29, 1.82) is 0 Å². The van der Waals surface area contributed by atoms with Gasteiger partial charge in [-0.05, 0) is 6.42 Å². The van der Waals surface area contributed by atoms with E-state index in [4.69, 9.17) is 4.74 Å². The van der Waals surface area contributed by atoms with Crippen molar-refractivity contribution in [2.45, 2.75) is 12.5 Å². The van der Waals surface area contributed by atoms with E-state index in [9.17, 15) is 0 Å². The fourth-order valence-electron chi connectivity index (χ4n) is 1.34. The Labute approximate surface area is 62.5 Å². The molecule has 1 fully saturated rings. The average Bonchev–Trinajstić information content (AvgIpc) is 2.37. The van der Waals surface area contributed by atoms with Gasteiger partial charge in [0.25, 0.3) is 0 Å². The van der Waals surface area contributed by atoms with E-state index in [2.05, 4.69) is 11.5 Å². The molecular weight excluding hydrogens is 126 g/mol. The molecule has 0 N–H and O–H groups in total. The molecule has 0 spiro atoms. The highest BCUT2D eigenvalue weighted by Gasteiger charge is 2.20. The van der Waals surface area contributed by atoms with Crippen molar-refractivity contribution in [3.05, 3.63) is 12.7 Å². The van der Waals surface area contributed by atoms with E-state index in [1.807, 2.05) is 6.08 Å². The first kappa shape index (κ1) is 7.76. The van der Waals surface area contributed by atoms with Gasteiger partial charge in [0.1, 0.15) is 0 Å². The number of nitrogens with zero attached hydrogens (tertiary/aromatic N) is 1. The summed E-state index contributed by atoms with van der Waals surface area (Å²) in [6.07, 6.45) is 3.57. The smallest absolute Gasteiger partial charge is 0.0710 e. The van der Waals surface area contributed by atoms with Gasteiger partial charge >= 0.3 is 0 Å². The van der Waals surface area contributed by atoms with E-state index >= 15 is 0 Å². The third-order valence-electron chi connectivity index (χ3n) is 1.95. The molecule has 1 heterocycles. The molecule has 58 valence electrons. The highest BCUT2D eigenvalue weighted by molar-refractivity contribution is 4.81. The lowest BCUT2D eigenvalue weighted by molar-refractivity contribution is 0.109. The predicted molar refractivity (Wildman–Crippen MR) is 42.1 cm³/mol. The van der Waals surface area contributed by atoms with Gasteiger partial charge in [0.2, 0.25) is 0 Å². The summed E-state index contributed by atoms with van der Waals surface area (Å²) in [4.78, 5) is 2.35. The summed E-state index contributed by atoms with van der Waals surface area (Å²) in [5.41, 5.74) is 0. The summed E-state index contributed by atoms with van der Waals surface area (Å²) in [7, 11) is 1.78. The minimum Gasteiger partial charge on any atom is -0.380 e. The Kier molecular flexibility index (Phi) is 2.90. The van der Waals surface area contributed by atoms with Crippen LogP contribution >= 0.6 is 0 Å². The van der Waals surface area contributed by atoms with Crippen molar-refractivity contribution in [1.82, 2.24) is 4.90 Å². The second-order valence-electron chi connectivity index (χ2n) is 2.69. The maximum Gasteiger partial charge on any atom is 0.0710 e. The first-order valence-corrected chi connectivity index (χ1v) is 3.73. The summed E-state index contributed by atoms with van der Waals surface area (Å²) in [5, 5.41) is 0. The second-order valence-corrected chi connectivity index (χ2v) is 2.69. The zero-order valence-corrected chi connectivity index (χ0v) is 6.55. The lowest BCUT2D eigenvalue weighted by atomic mass is 10.3. The SMILES string of the molecule is C=CCN1CCC(OC)C1. The Hall–Kier alpha value is -0.340. The Morgan fingerprint density at radius 2 is 2.60 bits per heavy atom. The quantitative estimate of drug-likeness (QED) is 0.541. The van der Waals surface area contributed by atoms with Crippen molar-refractivity contribution in [2.24, 2.45) is 0 Å². The monoisotopic (exact) mass is 141 g/mol. The number of hydrogen-bond acceptors (Lipinski definition) is 2. The minimum absolute atomic E-state index is 0.458. The largest absolute Gasteiger partial charge is 0.380 e. The molecule has 1 rings (SSSR count). The lowest BCUT2D eigenvalue weighted by Gasteiger charge is -2.11. The minimum atomic E-state index is 0.458. The van der Waals surface area contributed by atoms with Gasteiger partial charge in [0.15, 0.2) is 0 Å². The van der Waals surface area contributed by atoms with Gasteiger partial charge in [-0.2, -0.15) is 0 Å².